The molecule has 1 aliphatic rings. The molecule has 0 N–H and O–H groups in total. The zero-order valence-corrected chi connectivity index (χ0v) is 18.7. The molecule has 1 aliphatic heterocycles. The van der Waals surface area contributed by atoms with Crippen LogP contribution < -0.4 is 0 Å². The van der Waals surface area contributed by atoms with Crippen molar-refractivity contribution >= 4 is 17.8 Å². The number of hydrogen-bond donors (Lipinski definition) is 0. The summed E-state index contributed by atoms with van der Waals surface area (Å²) in [5.74, 6) is -1.48. The molecular weight excluding hydrogens is 415 g/mol. The van der Waals surface area contributed by atoms with Gasteiger partial charge in [-0.05, 0) is 50.5 Å². The van der Waals surface area contributed by atoms with E-state index < -0.39 is 0 Å². The Kier molecular flexibility index (Phi) is 7.61. The Balaban J connectivity index is 1.68. The first-order valence-corrected chi connectivity index (χ1v) is 10.9. The second kappa shape index (κ2) is 10.4. The highest BCUT2D eigenvalue weighted by Crippen LogP contribution is 2.20. The van der Waals surface area contributed by atoms with Gasteiger partial charge in [-0.3, -0.25) is 14.4 Å². The Labute approximate surface area is 186 Å². The van der Waals surface area contributed by atoms with Gasteiger partial charge < -0.3 is 14.5 Å². The number of amides is 2. The third kappa shape index (κ3) is 5.15. The van der Waals surface area contributed by atoms with E-state index in [4.69, 9.17) is 4.74 Å². The Bertz CT molecular complexity index is 973. The van der Waals surface area contributed by atoms with Gasteiger partial charge in [-0.15, -0.1) is 0 Å². The van der Waals surface area contributed by atoms with E-state index >= 15 is 0 Å². The lowest BCUT2D eigenvalue weighted by atomic mass is 9.98. The van der Waals surface area contributed by atoms with Crippen LogP contribution in [0.5, 0.6) is 0 Å². The standard InChI is InChI=1S/C23H29FN4O4/c1-4-20-19(13-25-28(20)18-10-8-17(24)9-11-18)22(30)26(3)15-21(29)27-12-6-7-16(14-27)23(31)32-5-2/h8-11,13,16H,4-7,12,14-15H2,1-3H3. The van der Waals surface area contributed by atoms with Gasteiger partial charge in [0.2, 0.25) is 5.91 Å². The van der Waals surface area contributed by atoms with Crippen molar-refractivity contribution in [2.24, 2.45) is 5.92 Å². The number of likely N-dealkylation sites (tertiary alicyclic amines) is 1. The number of piperidine rings is 1. The second-order valence-corrected chi connectivity index (χ2v) is 7.84. The minimum atomic E-state index is -0.351. The number of esters is 1. The molecule has 0 aliphatic carbocycles. The van der Waals surface area contributed by atoms with Crippen LogP contribution in [0, 0.1) is 11.7 Å². The number of ether oxygens (including phenoxy) is 1. The summed E-state index contributed by atoms with van der Waals surface area (Å²) in [7, 11) is 1.57. The van der Waals surface area contributed by atoms with E-state index in [1.807, 2.05) is 6.92 Å². The molecule has 1 atom stereocenters. The maximum absolute atomic E-state index is 13.3. The molecule has 1 unspecified atom stereocenters. The van der Waals surface area contributed by atoms with Gasteiger partial charge in [-0.2, -0.15) is 5.10 Å². The average Bonchev–Trinajstić information content (AvgIpc) is 3.23. The first-order chi connectivity index (χ1) is 15.3. The molecule has 0 bridgehead atoms. The summed E-state index contributed by atoms with van der Waals surface area (Å²) >= 11 is 0. The largest absolute Gasteiger partial charge is 0.466 e. The molecule has 2 aromatic rings. The lowest BCUT2D eigenvalue weighted by molar-refractivity contribution is -0.151. The minimum Gasteiger partial charge on any atom is -0.466 e. The highest BCUT2D eigenvalue weighted by Gasteiger charge is 2.30. The van der Waals surface area contributed by atoms with Gasteiger partial charge in [0.25, 0.3) is 5.91 Å². The molecule has 1 fully saturated rings. The molecule has 9 heteroatoms. The number of nitrogens with zero attached hydrogens (tertiary/aromatic N) is 4. The fourth-order valence-corrected chi connectivity index (χ4v) is 3.93. The summed E-state index contributed by atoms with van der Waals surface area (Å²) in [5, 5.41) is 4.31. The summed E-state index contributed by atoms with van der Waals surface area (Å²) in [6.07, 6.45) is 3.42. The summed E-state index contributed by atoms with van der Waals surface area (Å²) < 4.78 is 19.9. The van der Waals surface area contributed by atoms with Gasteiger partial charge in [0.05, 0.1) is 42.2 Å². The molecule has 32 heavy (non-hydrogen) atoms. The highest BCUT2D eigenvalue weighted by molar-refractivity contribution is 5.97. The predicted molar refractivity (Wildman–Crippen MR) is 116 cm³/mol. The van der Waals surface area contributed by atoms with Crippen LogP contribution >= 0.6 is 0 Å². The van der Waals surface area contributed by atoms with Crippen molar-refractivity contribution in [3.05, 3.63) is 47.5 Å². The molecule has 0 spiro atoms. The third-order valence-electron chi connectivity index (χ3n) is 5.62. The van der Waals surface area contributed by atoms with Crippen molar-refractivity contribution in [1.29, 1.82) is 0 Å². The van der Waals surface area contributed by atoms with Crippen molar-refractivity contribution in [2.75, 3.05) is 33.3 Å². The fraction of sp³-hybridized carbons (Fsp3) is 0.478. The van der Waals surface area contributed by atoms with Crippen LogP contribution in [0.25, 0.3) is 5.69 Å². The Morgan fingerprint density at radius 1 is 1.22 bits per heavy atom. The van der Waals surface area contributed by atoms with Crippen LogP contribution in [0.15, 0.2) is 30.5 Å². The summed E-state index contributed by atoms with van der Waals surface area (Å²) in [6, 6.07) is 5.87. The second-order valence-electron chi connectivity index (χ2n) is 7.84. The molecular formula is C23H29FN4O4. The van der Waals surface area contributed by atoms with Crippen molar-refractivity contribution in [1.82, 2.24) is 19.6 Å². The Morgan fingerprint density at radius 3 is 2.59 bits per heavy atom. The first-order valence-electron chi connectivity index (χ1n) is 10.9. The van der Waals surface area contributed by atoms with Crippen LogP contribution in [-0.4, -0.2) is 70.7 Å². The monoisotopic (exact) mass is 444 g/mol. The van der Waals surface area contributed by atoms with Crippen LogP contribution in [0.3, 0.4) is 0 Å². The number of likely N-dealkylation sites (N-methyl/N-ethyl adjacent to an activating group) is 1. The van der Waals surface area contributed by atoms with Crippen molar-refractivity contribution in [3.8, 4) is 5.69 Å². The Hall–Kier alpha value is -3.23. The highest BCUT2D eigenvalue weighted by atomic mass is 19.1. The number of carbonyl (C=O) groups is 3. The van der Waals surface area contributed by atoms with E-state index in [-0.39, 0.29) is 36.1 Å². The minimum absolute atomic E-state index is 0.0980. The van der Waals surface area contributed by atoms with Gasteiger partial charge in [0.1, 0.15) is 5.82 Å². The average molecular weight is 445 g/mol. The van der Waals surface area contributed by atoms with Gasteiger partial charge in [0.15, 0.2) is 0 Å². The molecule has 0 radical (unpaired) electrons. The molecule has 2 heterocycles. The number of rotatable bonds is 7. The van der Waals surface area contributed by atoms with Crippen molar-refractivity contribution in [2.45, 2.75) is 33.1 Å². The smallest absolute Gasteiger partial charge is 0.310 e. The van der Waals surface area contributed by atoms with E-state index in [0.29, 0.717) is 49.5 Å². The van der Waals surface area contributed by atoms with Crippen molar-refractivity contribution < 1.29 is 23.5 Å². The molecule has 1 aromatic heterocycles. The maximum Gasteiger partial charge on any atom is 0.310 e. The normalized spacial score (nSPS) is 16.0. The van der Waals surface area contributed by atoms with Gasteiger partial charge in [-0.25, -0.2) is 9.07 Å². The van der Waals surface area contributed by atoms with Gasteiger partial charge in [0, 0.05) is 20.1 Å². The lowest BCUT2D eigenvalue weighted by Gasteiger charge is -2.32. The Morgan fingerprint density at radius 2 is 1.94 bits per heavy atom. The van der Waals surface area contributed by atoms with E-state index in [9.17, 15) is 18.8 Å². The van der Waals surface area contributed by atoms with Crippen LogP contribution in [-0.2, 0) is 20.7 Å². The van der Waals surface area contributed by atoms with Gasteiger partial charge >= 0.3 is 5.97 Å². The maximum atomic E-state index is 13.3. The van der Waals surface area contributed by atoms with Gasteiger partial charge in [-0.1, -0.05) is 6.92 Å². The van der Waals surface area contributed by atoms with E-state index in [1.54, 1.807) is 35.7 Å². The van der Waals surface area contributed by atoms with Crippen molar-refractivity contribution in [3.63, 3.8) is 0 Å². The lowest BCUT2D eigenvalue weighted by Crippen LogP contribution is -2.47. The molecule has 1 aromatic carbocycles. The topological polar surface area (TPSA) is 84.7 Å². The third-order valence-corrected chi connectivity index (χ3v) is 5.62. The van der Waals surface area contributed by atoms with Crippen LogP contribution in [0.1, 0.15) is 42.7 Å². The number of halogens is 1. The molecule has 0 saturated carbocycles. The summed E-state index contributed by atoms with van der Waals surface area (Å²) in [6.45, 7) is 4.74. The molecule has 1 saturated heterocycles. The molecule has 2 amide bonds. The first kappa shape index (κ1) is 23.4. The van der Waals surface area contributed by atoms with Crippen LogP contribution in [0.2, 0.25) is 0 Å². The number of hydrogen-bond acceptors (Lipinski definition) is 5. The molecule has 172 valence electrons. The SMILES string of the molecule is CCOC(=O)C1CCCN(C(=O)CN(C)C(=O)c2cnn(-c3ccc(F)cc3)c2CC)C1. The quantitative estimate of drug-likeness (QED) is 0.613. The van der Waals surface area contributed by atoms with E-state index in [0.717, 1.165) is 6.42 Å². The zero-order chi connectivity index (χ0) is 23.3. The molecule has 3 rings (SSSR count). The molecule has 8 nitrogen and oxygen atoms in total. The number of benzene rings is 1. The zero-order valence-electron chi connectivity index (χ0n) is 18.7. The summed E-state index contributed by atoms with van der Waals surface area (Å²) in [4.78, 5) is 40.9. The van der Waals surface area contributed by atoms with E-state index in [1.165, 1.54) is 23.2 Å². The number of aromatic nitrogens is 2. The van der Waals surface area contributed by atoms with E-state index in [2.05, 4.69) is 5.10 Å². The summed E-state index contributed by atoms with van der Waals surface area (Å²) in [5.41, 5.74) is 1.73. The predicted octanol–water partition coefficient (Wildman–Crippen LogP) is 2.45. The van der Waals surface area contributed by atoms with Crippen LogP contribution in [0.4, 0.5) is 4.39 Å². The number of carbonyl (C=O) groups excluding carboxylic acids is 3. The fourth-order valence-electron chi connectivity index (χ4n) is 3.93.